The highest BCUT2D eigenvalue weighted by atomic mass is 35.5. The monoisotopic (exact) mass is 428 g/mol. The predicted octanol–water partition coefficient (Wildman–Crippen LogP) is 5.31. The number of nitrogens with zero attached hydrogens (tertiary/aromatic N) is 3. The molecule has 1 aliphatic heterocycles. The zero-order valence-electron chi connectivity index (χ0n) is 17.5. The molecule has 3 aromatic rings. The second kappa shape index (κ2) is 7.93. The van der Waals surface area contributed by atoms with E-state index >= 15 is 0 Å². The van der Waals surface area contributed by atoms with E-state index in [1.807, 2.05) is 34.6 Å². The van der Waals surface area contributed by atoms with E-state index in [0.29, 0.717) is 18.1 Å². The van der Waals surface area contributed by atoms with Gasteiger partial charge in [0.15, 0.2) is 0 Å². The van der Waals surface area contributed by atoms with Gasteiger partial charge in [0.05, 0.1) is 12.1 Å². The van der Waals surface area contributed by atoms with Gasteiger partial charge < -0.3 is 9.47 Å². The number of carbonyl (C=O) groups is 1. The molecule has 0 saturated carbocycles. The highest BCUT2D eigenvalue weighted by molar-refractivity contribution is 6.31. The van der Waals surface area contributed by atoms with Gasteiger partial charge in [-0.05, 0) is 55.8 Å². The number of nitrogens with one attached hydrogen (secondary N) is 1. The normalized spacial score (nSPS) is 19.3. The second-order valence-electron chi connectivity index (χ2n) is 7.69. The molecule has 2 heterocycles. The molecule has 0 bridgehead atoms. The van der Waals surface area contributed by atoms with Crippen molar-refractivity contribution in [3.8, 4) is 5.69 Å². The van der Waals surface area contributed by atoms with Gasteiger partial charge in [-0.25, -0.2) is 19.6 Å². The molecule has 30 heavy (non-hydrogen) atoms. The van der Waals surface area contributed by atoms with Crippen LogP contribution in [0.15, 0.2) is 48.7 Å². The van der Waals surface area contributed by atoms with E-state index in [1.165, 1.54) is 12.1 Å². The van der Waals surface area contributed by atoms with Crippen LogP contribution in [0.5, 0.6) is 0 Å². The third kappa shape index (κ3) is 3.15. The Morgan fingerprint density at radius 2 is 1.90 bits per heavy atom. The van der Waals surface area contributed by atoms with Crippen molar-refractivity contribution in [2.75, 3.05) is 20.1 Å². The highest BCUT2D eigenvalue weighted by Gasteiger charge is 2.51. The molecule has 1 unspecified atom stereocenters. The zero-order chi connectivity index (χ0) is 21.5. The maximum Gasteiger partial charge on any atom is 0.335 e. The van der Waals surface area contributed by atoms with Crippen LogP contribution in [-0.2, 0) is 5.54 Å². The highest BCUT2D eigenvalue weighted by Crippen LogP contribution is 2.43. The fourth-order valence-corrected chi connectivity index (χ4v) is 4.84. The van der Waals surface area contributed by atoms with E-state index in [0.717, 1.165) is 35.0 Å². The third-order valence-corrected chi connectivity index (χ3v) is 6.22. The molecule has 1 atom stereocenters. The molecule has 0 aliphatic carbocycles. The summed E-state index contributed by atoms with van der Waals surface area (Å²) in [6, 6.07) is 12.2. The minimum absolute atomic E-state index is 0.0295. The topological polar surface area (TPSA) is 40.5 Å². The van der Waals surface area contributed by atoms with E-state index in [4.69, 9.17) is 11.6 Å². The Bertz CT molecular complexity index is 1080. The molecule has 1 N–H and O–H groups in total. The van der Waals surface area contributed by atoms with Crippen LogP contribution in [-0.4, -0.2) is 40.6 Å². The number of likely N-dealkylation sites (N-methyl/N-ethyl adjacent to an activating group) is 1. The van der Waals surface area contributed by atoms with Crippen LogP contribution in [0.25, 0.3) is 16.6 Å². The maximum atomic E-state index is 13.5. The van der Waals surface area contributed by atoms with Crippen LogP contribution in [0.3, 0.4) is 0 Å². The molecule has 158 valence electrons. The average molecular weight is 429 g/mol. The van der Waals surface area contributed by atoms with Gasteiger partial charge in [-0.1, -0.05) is 24.9 Å². The quantitative estimate of drug-likeness (QED) is 0.578. The Morgan fingerprint density at radius 3 is 2.53 bits per heavy atom. The largest absolute Gasteiger partial charge is 0.335 e. The zero-order valence-corrected chi connectivity index (χ0v) is 18.2. The van der Waals surface area contributed by atoms with Gasteiger partial charge in [0.1, 0.15) is 11.4 Å². The van der Waals surface area contributed by atoms with E-state index in [2.05, 4.69) is 18.5 Å². The molecule has 1 fully saturated rings. The summed E-state index contributed by atoms with van der Waals surface area (Å²) in [6.45, 7) is 5.35. The summed E-state index contributed by atoms with van der Waals surface area (Å²) in [5, 5.41) is 3.39. The molecule has 4 rings (SSSR count). The van der Waals surface area contributed by atoms with Gasteiger partial charge in [-0.15, -0.1) is 0 Å². The van der Waals surface area contributed by atoms with Crippen LogP contribution in [0, 0.1) is 5.82 Å². The molecule has 2 aromatic carbocycles. The molecule has 1 aliphatic rings. The Morgan fingerprint density at radius 1 is 1.17 bits per heavy atom. The van der Waals surface area contributed by atoms with Crippen LogP contribution in [0.4, 0.5) is 9.18 Å². The summed E-state index contributed by atoms with van der Waals surface area (Å²) in [6.07, 6.45) is 3.78. The second-order valence-corrected chi connectivity index (χ2v) is 8.12. The van der Waals surface area contributed by atoms with Crippen molar-refractivity contribution in [1.82, 2.24) is 19.9 Å². The summed E-state index contributed by atoms with van der Waals surface area (Å²) in [4.78, 5) is 14.9. The number of hydrazine groups is 1. The van der Waals surface area contributed by atoms with Crippen molar-refractivity contribution < 1.29 is 9.18 Å². The summed E-state index contributed by atoms with van der Waals surface area (Å²) in [5.74, 6) is -0.276. The average Bonchev–Trinajstić information content (AvgIpc) is 3.24. The number of urea groups is 1. The van der Waals surface area contributed by atoms with Crippen molar-refractivity contribution in [3.05, 3.63) is 65.1 Å². The molecule has 5 nitrogen and oxygen atoms in total. The first-order chi connectivity index (χ1) is 14.4. The lowest BCUT2D eigenvalue weighted by molar-refractivity contribution is 0.110. The molecule has 7 heteroatoms. The number of amides is 2. The van der Waals surface area contributed by atoms with E-state index in [1.54, 1.807) is 24.2 Å². The van der Waals surface area contributed by atoms with Gasteiger partial charge in [-0.2, -0.15) is 0 Å². The van der Waals surface area contributed by atoms with Gasteiger partial charge in [0.2, 0.25) is 0 Å². The number of rotatable bonds is 6. The SMILES string of the molecule is CCCC1(c2cn(-c3ccc(F)cc3)c3ccc(Cl)cc23)CN(CC)C(=O)N1NC. The smallest absolute Gasteiger partial charge is 0.321 e. The van der Waals surface area contributed by atoms with Gasteiger partial charge in [-0.3, -0.25) is 0 Å². The Labute approximate surface area is 181 Å². The van der Waals surface area contributed by atoms with Crippen LogP contribution >= 0.6 is 11.6 Å². The van der Waals surface area contributed by atoms with Crippen molar-refractivity contribution in [1.29, 1.82) is 0 Å². The molecule has 2 amide bonds. The summed E-state index contributed by atoms with van der Waals surface area (Å²) >= 11 is 6.39. The maximum absolute atomic E-state index is 13.5. The van der Waals surface area contributed by atoms with Crippen molar-refractivity contribution in [2.24, 2.45) is 0 Å². The molecule has 0 radical (unpaired) electrons. The van der Waals surface area contributed by atoms with E-state index in [-0.39, 0.29) is 11.8 Å². The fourth-order valence-electron chi connectivity index (χ4n) is 4.67. The first kappa shape index (κ1) is 20.7. The number of hydrogen-bond donors (Lipinski definition) is 1. The first-order valence-corrected chi connectivity index (χ1v) is 10.7. The lowest BCUT2D eigenvalue weighted by atomic mass is 9.85. The Hall–Kier alpha value is -2.57. The lowest BCUT2D eigenvalue weighted by Gasteiger charge is -2.36. The lowest BCUT2D eigenvalue weighted by Crippen LogP contribution is -2.51. The number of carbonyl (C=O) groups excluding carboxylic acids is 1. The number of fused-ring (bicyclic) bond motifs is 1. The van der Waals surface area contributed by atoms with Gasteiger partial charge >= 0.3 is 6.03 Å². The standard InChI is InChI=1S/C23H26ClFN4O/c1-4-12-23(15-27(5-2)22(30)29(23)26-3)20-14-28(18-9-7-17(25)8-10-18)21-11-6-16(24)13-19(20)21/h6-11,13-14,26H,4-5,12,15H2,1-3H3. The van der Waals surface area contributed by atoms with Crippen molar-refractivity contribution >= 4 is 28.5 Å². The van der Waals surface area contributed by atoms with E-state index < -0.39 is 5.54 Å². The molecule has 1 saturated heterocycles. The number of halogens is 2. The molecule has 0 spiro atoms. The Kier molecular flexibility index (Phi) is 5.47. The first-order valence-electron chi connectivity index (χ1n) is 10.3. The van der Waals surface area contributed by atoms with E-state index in [9.17, 15) is 9.18 Å². The van der Waals surface area contributed by atoms with Crippen molar-refractivity contribution in [2.45, 2.75) is 32.2 Å². The summed E-state index contributed by atoms with van der Waals surface area (Å²) in [5.41, 5.74) is 5.46. The van der Waals surface area contributed by atoms with Gasteiger partial charge in [0.25, 0.3) is 0 Å². The number of aromatic nitrogens is 1. The summed E-state index contributed by atoms with van der Waals surface area (Å²) < 4.78 is 15.6. The number of hydrogen-bond acceptors (Lipinski definition) is 2. The molecular weight excluding hydrogens is 403 g/mol. The minimum Gasteiger partial charge on any atom is -0.321 e. The predicted molar refractivity (Wildman–Crippen MR) is 118 cm³/mol. The fraction of sp³-hybridized carbons (Fsp3) is 0.348. The number of benzene rings is 2. The van der Waals surface area contributed by atoms with Crippen LogP contribution in [0.1, 0.15) is 32.3 Å². The van der Waals surface area contributed by atoms with Crippen LogP contribution in [0.2, 0.25) is 5.02 Å². The van der Waals surface area contributed by atoms with Crippen LogP contribution < -0.4 is 5.43 Å². The van der Waals surface area contributed by atoms with Gasteiger partial charge in [0, 0.05) is 41.4 Å². The minimum atomic E-state index is -0.537. The summed E-state index contributed by atoms with van der Waals surface area (Å²) in [7, 11) is 1.79. The molecular formula is C23H26ClFN4O. The Balaban J connectivity index is 1.99. The van der Waals surface area contributed by atoms with Crippen molar-refractivity contribution in [3.63, 3.8) is 0 Å². The molecule has 1 aromatic heterocycles. The third-order valence-electron chi connectivity index (χ3n) is 5.98.